The molecule has 21 heavy (non-hydrogen) atoms. The molecule has 2 heterocycles. The molecule has 0 aromatic carbocycles. The SMILES string of the molecule is CCCN(C(=O)C1(CC)CCNC1)C1COCC1C(=O)O. The first-order valence-corrected chi connectivity index (χ1v) is 7.88. The van der Waals surface area contributed by atoms with E-state index in [4.69, 9.17) is 4.74 Å². The summed E-state index contributed by atoms with van der Waals surface area (Å²) in [6.07, 6.45) is 2.43. The summed E-state index contributed by atoms with van der Waals surface area (Å²) in [6, 6.07) is -0.334. The van der Waals surface area contributed by atoms with E-state index in [-0.39, 0.29) is 24.0 Å². The fourth-order valence-corrected chi connectivity index (χ4v) is 3.43. The van der Waals surface area contributed by atoms with Gasteiger partial charge in [-0.3, -0.25) is 9.59 Å². The number of aliphatic carboxylic acids is 1. The Hall–Kier alpha value is -1.14. The van der Waals surface area contributed by atoms with Crippen LogP contribution in [0.3, 0.4) is 0 Å². The minimum absolute atomic E-state index is 0.0959. The number of nitrogens with zero attached hydrogens (tertiary/aromatic N) is 1. The Morgan fingerprint density at radius 3 is 2.67 bits per heavy atom. The van der Waals surface area contributed by atoms with E-state index in [1.165, 1.54) is 0 Å². The zero-order valence-corrected chi connectivity index (χ0v) is 12.9. The summed E-state index contributed by atoms with van der Waals surface area (Å²) in [7, 11) is 0. The van der Waals surface area contributed by atoms with Crippen LogP contribution in [0.4, 0.5) is 0 Å². The largest absolute Gasteiger partial charge is 0.481 e. The first-order chi connectivity index (χ1) is 10.1. The molecule has 2 N–H and O–H groups in total. The van der Waals surface area contributed by atoms with Crippen LogP contribution in [0.15, 0.2) is 0 Å². The van der Waals surface area contributed by atoms with Gasteiger partial charge in [0.1, 0.15) is 5.92 Å². The fourth-order valence-electron chi connectivity index (χ4n) is 3.43. The minimum atomic E-state index is -0.874. The van der Waals surface area contributed by atoms with Gasteiger partial charge in [0.05, 0.1) is 24.7 Å². The van der Waals surface area contributed by atoms with E-state index in [0.717, 1.165) is 25.8 Å². The molecular formula is C15H26N2O4. The number of nitrogens with one attached hydrogen (secondary N) is 1. The number of ether oxygens (including phenoxy) is 1. The van der Waals surface area contributed by atoms with Crippen LogP contribution in [0.25, 0.3) is 0 Å². The van der Waals surface area contributed by atoms with Crippen LogP contribution in [0.5, 0.6) is 0 Å². The van der Waals surface area contributed by atoms with Gasteiger partial charge in [0.15, 0.2) is 0 Å². The third kappa shape index (κ3) is 3.06. The zero-order valence-electron chi connectivity index (χ0n) is 12.9. The molecule has 6 nitrogen and oxygen atoms in total. The van der Waals surface area contributed by atoms with E-state index in [9.17, 15) is 14.7 Å². The average Bonchev–Trinajstić information content (AvgIpc) is 3.13. The van der Waals surface area contributed by atoms with Crippen molar-refractivity contribution in [3.8, 4) is 0 Å². The van der Waals surface area contributed by atoms with Crippen LogP contribution in [-0.4, -0.2) is 60.8 Å². The van der Waals surface area contributed by atoms with Crippen LogP contribution in [0.1, 0.15) is 33.1 Å². The van der Waals surface area contributed by atoms with Gasteiger partial charge < -0.3 is 20.1 Å². The van der Waals surface area contributed by atoms with Crippen molar-refractivity contribution < 1.29 is 19.4 Å². The molecule has 0 spiro atoms. The second kappa shape index (κ2) is 6.75. The highest BCUT2D eigenvalue weighted by atomic mass is 16.5. The molecule has 120 valence electrons. The Bertz CT molecular complexity index is 393. The molecular weight excluding hydrogens is 272 g/mol. The Morgan fingerprint density at radius 2 is 2.14 bits per heavy atom. The third-order valence-electron chi connectivity index (χ3n) is 4.87. The number of rotatable bonds is 6. The maximum Gasteiger partial charge on any atom is 0.311 e. The molecule has 0 aliphatic carbocycles. The minimum Gasteiger partial charge on any atom is -0.481 e. The van der Waals surface area contributed by atoms with Crippen molar-refractivity contribution in [1.82, 2.24) is 10.2 Å². The summed E-state index contributed by atoms with van der Waals surface area (Å²) < 4.78 is 5.35. The van der Waals surface area contributed by atoms with Crippen molar-refractivity contribution in [3.63, 3.8) is 0 Å². The van der Waals surface area contributed by atoms with Gasteiger partial charge in [-0.15, -0.1) is 0 Å². The molecule has 2 fully saturated rings. The van der Waals surface area contributed by atoms with Gasteiger partial charge in [0, 0.05) is 13.1 Å². The first-order valence-electron chi connectivity index (χ1n) is 7.88. The van der Waals surface area contributed by atoms with Crippen molar-refractivity contribution in [2.45, 2.75) is 39.2 Å². The van der Waals surface area contributed by atoms with Gasteiger partial charge in [-0.2, -0.15) is 0 Å². The number of carboxylic acids is 1. The Labute approximate surface area is 125 Å². The maximum atomic E-state index is 13.1. The molecule has 2 saturated heterocycles. The predicted molar refractivity (Wildman–Crippen MR) is 77.9 cm³/mol. The molecule has 0 aromatic rings. The second-order valence-corrected chi connectivity index (χ2v) is 6.11. The molecule has 0 aromatic heterocycles. The highest BCUT2D eigenvalue weighted by Gasteiger charge is 2.47. The summed E-state index contributed by atoms with van der Waals surface area (Å²) in [4.78, 5) is 26.2. The standard InChI is InChI=1S/C15H26N2O4/c1-3-7-17(12-9-21-8-11(12)13(18)19)14(20)15(4-2)5-6-16-10-15/h11-12,16H,3-10H2,1-2H3,(H,18,19). The van der Waals surface area contributed by atoms with Crippen molar-refractivity contribution in [3.05, 3.63) is 0 Å². The monoisotopic (exact) mass is 298 g/mol. The molecule has 2 aliphatic rings. The van der Waals surface area contributed by atoms with Crippen LogP contribution in [0.2, 0.25) is 0 Å². The van der Waals surface area contributed by atoms with Gasteiger partial charge in [0.25, 0.3) is 0 Å². The van der Waals surface area contributed by atoms with Crippen LogP contribution >= 0.6 is 0 Å². The second-order valence-electron chi connectivity index (χ2n) is 6.11. The first kappa shape index (κ1) is 16.2. The van der Waals surface area contributed by atoms with Gasteiger partial charge in [-0.05, 0) is 25.8 Å². The van der Waals surface area contributed by atoms with E-state index in [1.807, 2.05) is 13.8 Å². The summed E-state index contributed by atoms with van der Waals surface area (Å²) in [5, 5.41) is 12.6. The third-order valence-corrected chi connectivity index (χ3v) is 4.87. The summed E-state index contributed by atoms with van der Waals surface area (Å²) in [6.45, 7) is 6.71. The van der Waals surface area contributed by atoms with E-state index < -0.39 is 11.9 Å². The molecule has 3 atom stereocenters. The molecule has 6 heteroatoms. The highest BCUT2D eigenvalue weighted by Crippen LogP contribution is 2.34. The number of hydrogen-bond donors (Lipinski definition) is 2. The quantitative estimate of drug-likeness (QED) is 0.755. The summed E-state index contributed by atoms with van der Waals surface area (Å²) >= 11 is 0. The lowest BCUT2D eigenvalue weighted by molar-refractivity contribution is -0.149. The summed E-state index contributed by atoms with van der Waals surface area (Å²) in [5.41, 5.74) is -0.374. The Kier molecular flexibility index (Phi) is 5.22. The topological polar surface area (TPSA) is 78.9 Å². The number of carbonyl (C=O) groups excluding carboxylic acids is 1. The summed E-state index contributed by atoms with van der Waals surface area (Å²) in [5.74, 6) is -1.39. The number of amides is 1. The number of hydrogen-bond acceptors (Lipinski definition) is 4. The predicted octanol–water partition coefficient (Wildman–Crippen LogP) is 0.714. The fraction of sp³-hybridized carbons (Fsp3) is 0.867. The average molecular weight is 298 g/mol. The highest BCUT2D eigenvalue weighted by molar-refractivity contribution is 5.84. The van der Waals surface area contributed by atoms with E-state index in [0.29, 0.717) is 19.7 Å². The molecule has 2 aliphatic heterocycles. The van der Waals surface area contributed by atoms with Crippen molar-refractivity contribution >= 4 is 11.9 Å². The molecule has 0 radical (unpaired) electrons. The van der Waals surface area contributed by atoms with Crippen LogP contribution < -0.4 is 5.32 Å². The van der Waals surface area contributed by atoms with Crippen molar-refractivity contribution in [1.29, 1.82) is 0 Å². The smallest absolute Gasteiger partial charge is 0.311 e. The Balaban J connectivity index is 2.21. The lowest BCUT2D eigenvalue weighted by atomic mass is 9.81. The van der Waals surface area contributed by atoms with Crippen LogP contribution in [0, 0.1) is 11.3 Å². The number of carbonyl (C=O) groups is 2. The van der Waals surface area contributed by atoms with Gasteiger partial charge in [0.2, 0.25) is 5.91 Å². The molecule has 0 bridgehead atoms. The van der Waals surface area contributed by atoms with E-state index in [2.05, 4.69) is 5.32 Å². The van der Waals surface area contributed by atoms with Gasteiger partial charge >= 0.3 is 5.97 Å². The van der Waals surface area contributed by atoms with Gasteiger partial charge in [-0.1, -0.05) is 13.8 Å². The van der Waals surface area contributed by atoms with Gasteiger partial charge in [-0.25, -0.2) is 0 Å². The van der Waals surface area contributed by atoms with E-state index >= 15 is 0 Å². The number of carboxylic acid groups (broad SMARTS) is 1. The normalized spacial score (nSPS) is 32.3. The maximum absolute atomic E-state index is 13.1. The van der Waals surface area contributed by atoms with Crippen molar-refractivity contribution in [2.24, 2.45) is 11.3 Å². The molecule has 0 saturated carbocycles. The molecule has 1 amide bonds. The van der Waals surface area contributed by atoms with E-state index in [1.54, 1.807) is 4.90 Å². The van der Waals surface area contributed by atoms with Crippen LogP contribution in [-0.2, 0) is 14.3 Å². The molecule has 2 rings (SSSR count). The Morgan fingerprint density at radius 1 is 1.38 bits per heavy atom. The molecule has 3 unspecified atom stereocenters. The lowest BCUT2D eigenvalue weighted by Gasteiger charge is -2.37. The lowest BCUT2D eigenvalue weighted by Crippen LogP contribution is -2.53. The zero-order chi connectivity index (χ0) is 15.5. The van der Waals surface area contributed by atoms with Crippen molar-refractivity contribution in [2.75, 3.05) is 32.8 Å².